The minimum absolute atomic E-state index is 0.0934. The maximum absolute atomic E-state index is 12.6. The minimum atomic E-state index is -0.592. The molecule has 0 bridgehead atoms. The van der Waals surface area contributed by atoms with E-state index in [1.54, 1.807) is 24.3 Å². The molecule has 26 heavy (non-hydrogen) atoms. The molecule has 132 valence electrons. The second-order valence-corrected chi connectivity index (χ2v) is 6.22. The summed E-state index contributed by atoms with van der Waals surface area (Å²) in [6, 6.07) is 11.0. The van der Waals surface area contributed by atoms with Gasteiger partial charge in [-0.25, -0.2) is 5.01 Å². The average molecular weight is 418 g/mol. The van der Waals surface area contributed by atoms with Gasteiger partial charge in [0, 0.05) is 10.5 Å². The summed E-state index contributed by atoms with van der Waals surface area (Å²) in [5.74, 6) is -1.04. The first-order valence-electron chi connectivity index (χ1n) is 7.36. The summed E-state index contributed by atoms with van der Waals surface area (Å²) in [5, 5.41) is 12.2. The summed E-state index contributed by atoms with van der Waals surface area (Å²) in [6.45, 7) is 0. The van der Waals surface area contributed by atoms with Gasteiger partial charge in [-0.3, -0.25) is 25.1 Å². The fourth-order valence-corrected chi connectivity index (χ4v) is 2.70. The molecule has 1 aliphatic heterocycles. The van der Waals surface area contributed by atoms with E-state index in [0.29, 0.717) is 11.3 Å². The highest BCUT2D eigenvalue weighted by molar-refractivity contribution is 9.10. The normalized spacial score (nSPS) is 15.3. The molecule has 0 aromatic heterocycles. The molecule has 1 fully saturated rings. The Morgan fingerprint density at radius 3 is 2.50 bits per heavy atom. The van der Waals surface area contributed by atoms with Crippen LogP contribution in [0.3, 0.4) is 0 Å². The van der Waals surface area contributed by atoms with Crippen LogP contribution in [0.15, 0.2) is 52.5 Å². The summed E-state index contributed by atoms with van der Waals surface area (Å²) in [6.07, 6.45) is 1.31. The zero-order valence-electron chi connectivity index (χ0n) is 13.4. The SMILES string of the molecule is COc1ccc(/C=C2/C(=O)NN(c3ccc(Br)cc3)C2=O)cc1[N+](=O)[O-]. The highest BCUT2D eigenvalue weighted by Gasteiger charge is 2.34. The monoisotopic (exact) mass is 417 g/mol. The van der Waals surface area contributed by atoms with Crippen LogP contribution in [0.2, 0.25) is 0 Å². The molecule has 0 unspecified atom stereocenters. The topological polar surface area (TPSA) is 102 Å². The Balaban J connectivity index is 1.95. The highest BCUT2D eigenvalue weighted by Crippen LogP contribution is 2.29. The number of hydrogen-bond acceptors (Lipinski definition) is 5. The van der Waals surface area contributed by atoms with Crippen molar-refractivity contribution in [3.05, 3.63) is 68.2 Å². The molecule has 2 aromatic carbocycles. The van der Waals surface area contributed by atoms with Gasteiger partial charge < -0.3 is 4.74 Å². The number of ether oxygens (including phenoxy) is 1. The molecular formula is C17H12BrN3O5. The molecule has 1 saturated heterocycles. The zero-order chi connectivity index (χ0) is 18.8. The quantitative estimate of drug-likeness (QED) is 0.356. The molecule has 0 atom stereocenters. The molecule has 2 amide bonds. The second kappa shape index (κ2) is 6.96. The van der Waals surface area contributed by atoms with Crippen molar-refractivity contribution in [2.45, 2.75) is 0 Å². The molecule has 0 saturated carbocycles. The number of amides is 2. The Labute approximate surface area is 156 Å². The lowest BCUT2D eigenvalue weighted by molar-refractivity contribution is -0.385. The molecular weight excluding hydrogens is 406 g/mol. The summed E-state index contributed by atoms with van der Waals surface area (Å²) in [5.41, 5.74) is 2.94. The lowest BCUT2D eigenvalue weighted by Gasteiger charge is -2.14. The number of hydrogen-bond donors (Lipinski definition) is 1. The largest absolute Gasteiger partial charge is 0.490 e. The number of nitro benzene ring substituents is 1. The summed E-state index contributed by atoms with van der Waals surface area (Å²) in [4.78, 5) is 35.2. The maximum atomic E-state index is 12.6. The van der Waals surface area contributed by atoms with Crippen LogP contribution in [-0.4, -0.2) is 23.8 Å². The smallest absolute Gasteiger partial charge is 0.311 e. The molecule has 2 aromatic rings. The van der Waals surface area contributed by atoms with E-state index >= 15 is 0 Å². The van der Waals surface area contributed by atoms with E-state index < -0.39 is 16.7 Å². The van der Waals surface area contributed by atoms with Gasteiger partial charge in [-0.2, -0.15) is 0 Å². The fraction of sp³-hybridized carbons (Fsp3) is 0.0588. The Morgan fingerprint density at radius 1 is 1.19 bits per heavy atom. The van der Waals surface area contributed by atoms with Crippen LogP contribution >= 0.6 is 15.9 Å². The van der Waals surface area contributed by atoms with Gasteiger partial charge in [0.15, 0.2) is 5.75 Å². The van der Waals surface area contributed by atoms with Gasteiger partial charge in [-0.05, 0) is 42.0 Å². The van der Waals surface area contributed by atoms with Gasteiger partial charge in [0.2, 0.25) is 0 Å². The number of nitrogens with zero attached hydrogens (tertiary/aromatic N) is 2. The third kappa shape index (κ3) is 3.29. The lowest BCUT2D eigenvalue weighted by atomic mass is 10.1. The number of benzene rings is 2. The van der Waals surface area contributed by atoms with Crippen molar-refractivity contribution in [2.24, 2.45) is 0 Å². The number of carbonyl (C=O) groups excluding carboxylic acids is 2. The van der Waals surface area contributed by atoms with Gasteiger partial charge in [-0.1, -0.05) is 22.0 Å². The second-order valence-electron chi connectivity index (χ2n) is 5.30. The van der Waals surface area contributed by atoms with E-state index in [-0.39, 0.29) is 17.0 Å². The number of rotatable bonds is 4. The number of carbonyl (C=O) groups is 2. The predicted octanol–water partition coefficient (Wildman–Crippen LogP) is 2.83. The first kappa shape index (κ1) is 17.6. The van der Waals surface area contributed by atoms with Crippen molar-refractivity contribution in [2.75, 3.05) is 12.1 Å². The van der Waals surface area contributed by atoms with E-state index in [9.17, 15) is 19.7 Å². The third-order valence-corrected chi connectivity index (χ3v) is 4.22. The van der Waals surface area contributed by atoms with E-state index in [2.05, 4.69) is 21.4 Å². The Hall–Kier alpha value is -3.20. The van der Waals surface area contributed by atoms with E-state index in [1.807, 2.05) is 0 Å². The number of anilines is 1. The van der Waals surface area contributed by atoms with Crippen LogP contribution in [0.5, 0.6) is 5.75 Å². The zero-order valence-corrected chi connectivity index (χ0v) is 15.0. The fourth-order valence-electron chi connectivity index (χ4n) is 2.44. The first-order valence-corrected chi connectivity index (χ1v) is 8.15. The van der Waals surface area contributed by atoms with Crippen molar-refractivity contribution in [3.63, 3.8) is 0 Å². The predicted molar refractivity (Wildman–Crippen MR) is 97.4 cm³/mol. The van der Waals surface area contributed by atoms with Crippen LogP contribution in [0.25, 0.3) is 6.08 Å². The number of nitrogens with one attached hydrogen (secondary N) is 1. The number of nitro groups is 1. The molecule has 9 heteroatoms. The number of halogens is 1. The minimum Gasteiger partial charge on any atom is -0.490 e. The Morgan fingerprint density at radius 2 is 1.88 bits per heavy atom. The van der Waals surface area contributed by atoms with Crippen molar-refractivity contribution >= 4 is 45.2 Å². The molecule has 0 radical (unpaired) electrons. The van der Waals surface area contributed by atoms with E-state index in [1.165, 1.54) is 31.4 Å². The molecule has 1 aliphatic rings. The molecule has 1 heterocycles. The number of hydrazine groups is 1. The van der Waals surface area contributed by atoms with Crippen molar-refractivity contribution in [3.8, 4) is 5.75 Å². The van der Waals surface area contributed by atoms with Gasteiger partial charge in [-0.15, -0.1) is 0 Å². The molecule has 3 rings (SSSR count). The van der Waals surface area contributed by atoms with Crippen LogP contribution in [0.4, 0.5) is 11.4 Å². The van der Waals surface area contributed by atoms with Crippen LogP contribution in [0, 0.1) is 10.1 Å². The first-order chi connectivity index (χ1) is 12.4. The third-order valence-electron chi connectivity index (χ3n) is 3.69. The van der Waals surface area contributed by atoms with Crippen molar-refractivity contribution in [1.29, 1.82) is 0 Å². The standard InChI is InChI=1S/C17H12BrN3O5/c1-26-15-7-2-10(9-14(15)21(24)25)8-13-16(22)19-20(17(13)23)12-5-3-11(18)4-6-12/h2-9H,1H3,(H,19,22)/b13-8-. The average Bonchev–Trinajstić information content (AvgIpc) is 2.90. The van der Waals surface area contributed by atoms with Gasteiger partial charge >= 0.3 is 5.69 Å². The Kier molecular flexibility index (Phi) is 4.72. The van der Waals surface area contributed by atoms with Gasteiger partial charge in [0.25, 0.3) is 11.8 Å². The molecule has 0 spiro atoms. The maximum Gasteiger partial charge on any atom is 0.311 e. The van der Waals surface area contributed by atoms with Crippen LogP contribution < -0.4 is 15.2 Å². The van der Waals surface area contributed by atoms with Crippen LogP contribution in [0.1, 0.15) is 5.56 Å². The summed E-state index contributed by atoms with van der Waals surface area (Å²) >= 11 is 3.30. The Bertz CT molecular complexity index is 940. The molecule has 0 aliphatic carbocycles. The van der Waals surface area contributed by atoms with E-state index in [0.717, 1.165) is 9.48 Å². The molecule has 1 N–H and O–H groups in total. The van der Waals surface area contributed by atoms with Gasteiger partial charge in [0.05, 0.1) is 17.7 Å². The van der Waals surface area contributed by atoms with Crippen molar-refractivity contribution in [1.82, 2.24) is 5.43 Å². The van der Waals surface area contributed by atoms with E-state index in [4.69, 9.17) is 4.74 Å². The molecule has 8 nitrogen and oxygen atoms in total. The summed E-state index contributed by atoms with van der Waals surface area (Å²) < 4.78 is 5.77. The van der Waals surface area contributed by atoms with Crippen molar-refractivity contribution < 1.29 is 19.2 Å². The number of methoxy groups -OCH3 is 1. The highest BCUT2D eigenvalue weighted by atomic mass is 79.9. The van der Waals surface area contributed by atoms with Crippen LogP contribution in [-0.2, 0) is 9.59 Å². The van der Waals surface area contributed by atoms with Gasteiger partial charge in [0.1, 0.15) is 5.57 Å². The lowest BCUT2D eigenvalue weighted by Crippen LogP contribution is -2.35. The summed E-state index contributed by atoms with van der Waals surface area (Å²) in [7, 11) is 1.32.